The molecule has 0 saturated heterocycles. The standard InChI is InChI=1S/C14H22N2O/c1-3-5-11(2)9-16-10-12-6-4-7-13(8-12)14(15)17/h4,6-8,11,16H,3,5,9-10H2,1-2H3,(H2,15,17). The van der Waals surface area contributed by atoms with Gasteiger partial charge in [0.15, 0.2) is 0 Å². The molecule has 94 valence electrons. The highest BCUT2D eigenvalue weighted by atomic mass is 16.1. The predicted molar refractivity (Wildman–Crippen MR) is 70.7 cm³/mol. The van der Waals surface area contributed by atoms with Crippen LogP contribution in [0.25, 0.3) is 0 Å². The molecule has 0 bridgehead atoms. The second kappa shape index (κ2) is 7.07. The summed E-state index contributed by atoms with van der Waals surface area (Å²) in [5.74, 6) is 0.325. The Bertz CT molecular complexity index is 363. The van der Waals surface area contributed by atoms with E-state index >= 15 is 0 Å². The Kier molecular flexibility index (Phi) is 5.70. The number of carbonyl (C=O) groups excluding carboxylic acids is 1. The van der Waals surface area contributed by atoms with E-state index in [1.54, 1.807) is 6.07 Å². The van der Waals surface area contributed by atoms with Crippen molar-refractivity contribution in [3.8, 4) is 0 Å². The summed E-state index contributed by atoms with van der Waals surface area (Å²) in [6.45, 7) is 6.24. The number of amides is 1. The lowest BCUT2D eigenvalue weighted by Crippen LogP contribution is -2.21. The smallest absolute Gasteiger partial charge is 0.248 e. The van der Waals surface area contributed by atoms with Gasteiger partial charge in [-0.2, -0.15) is 0 Å². The van der Waals surface area contributed by atoms with Gasteiger partial charge in [-0.25, -0.2) is 0 Å². The van der Waals surface area contributed by atoms with E-state index in [4.69, 9.17) is 5.73 Å². The molecule has 0 aromatic heterocycles. The van der Waals surface area contributed by atoms with Gasteiger partial charge in [0.2, 0.25) is 5.91 Å². The van der Waals surface area contributed by atoms with Crippen LogP contribution in [0.3, 0.4) is 0 Å². The molecule has 0 aliphatic rings. The van der Waals surface area contributed by atoms with Gasteiger partial charge in [0.1, 0.15) is 0 Å². The number of hydrogen-bond donors (Lipinski definition) is 2. The quantitative estimate of drug-likeness (QED) is 0.760. The molecule has 3 heteroatoms. The van der Waals surface area contributed by atoms with Crippen LogP contribution in [0.2, 0.25) is 0 Å². The zero-order valence-corrected chi connectivity index (χ0v) is 10.7. The molecule has 0 spiro atoms. The van der Waals surface area contributed by atoms with E-state index in [0.29, 0.717) is 11.5 Å². The number of benzene rings is 1. The van der Waals surface area contributed by atoms with Gasteiger partial charge in [-0.3, -0.25) is 4.79 Å². The number of nitrogens with one attached hydrogen (secondary N) is 1. The minimum absolute atomic E-state index is 0.369. The molecular weight excluding hydrogens is 212 g/mol. The third kappa shape index (κ3) is 5.00. The van der Waals surface area contributed by atoms with Crippen LogP contribution in [0.4, 0.5) is 0 Å². The van der Waals surface area contributed by atoms with Crippen LogP contribution in [-0.2, 0) is 6.54 Å². The van der Waals surface area contributed by atoms with Gasteiger partial charge in [0.05, 0.1) is 0 Å². The first kappa shape index (κ1) is 13.7. The van der Waals surface area contributed by atoms with Crippen LogP contribution in [-0.4, -0.2) is 12.5 Å². The fourth-order valence-electron chi connectivity index (χ4n) is 1.89. The predicted octanol–water partition coefficient (Wildman–Crippen LogP) is 2.31. The second-order valence-electron chi connectivity index (χ2n) is 4.59. The zero-order chi connectivity index (χ0) is 12.7. The van der Waals surface area contributed by atoms with Gasteiger partial charge in [0.25, 0.3) is 0 Å². The first-order chi connectivity index (χ1) is 8.13. The van der Waals surface area contributed by atoms with E-state index in [-0.39, 0.29) is 5.91 Å². The molecule has 17 heavy (non-hydrogen) atoms. The molecule has 3 nitrogen and oxygen atoms in total. The molecular formula is C14H22N2O. The van der Waals surface area contributed by atoms with Crippen LogP contribution < -0.4 is 11.1 Å². The molecule has 3 N–H and O–H groups in total. The van der Waals surface area contributed by atoms with Gasteiger partial charge in [-0.05, 0) is 36.6 Å². The number of rotatable bonds is 7. The largest absolute Gasteiger partial charge is 0.366 e. The van der Waals surface area contributed by atoms with Crippen molar-refractivity contribution in [1.29, 1.82) is 0 Å². The fourth-order valence-corrected chi connectivity index (χ4v) is 1.89. The van der Waals surface area contributed by atoms with Crippen molar-refractivity contribution in [2.45, 2.75) is 33.2 Å². The molecule has 1 atom stereocenters. The molecule has 0 fully saturated rings. The maximum absolute atomic E-state index is 11.0. The van der Waals surface area contributed by atoms with Gasteiger partial charge in [-0.1, -0.05) is 32.4 Å². The molecule has 0 aliphatic carbocycles. The normalized spacial score (nSPS) is 12.4. The number of primary amides is 1. The van der Waals surface area contributed by atoms with Crippen molar-refractivity contribution >= 4 is 5.91 Å². The molecule has 0 heterocycles. The van der Waals surface area contributed by atoms with E-state index in [9.17, 15) is 4.79 Å². The van der Waals surface area contributed by atoms with Crippen molar-refractivity contribution < 1.29 is 4.79 Å². The van der Waals surface area contributed by atoms with Crippen molar-refractivity contribution in [2.24, 2.45) is 11.7 Å². The molecule has 0 saturated carbocycles. The summed E-state index contributed by atoms with van der Waals surface area (Å²) in [5, 5.41) is 3.40. The Labute approximate surface area is 103 Å². The highest BCUT2D eigenvalue weighted by molar-refractivity contribution is 5.92. The van der Waals surface area contributed by atoms with E-state index in [2.05, 4.69) is 19.2 Å². The lowest BCUT2D eigenvalue weighted by molar-refractivity contribution is 0.1000. The summed E-state index contributed by atoms with van der Waals surface area (Å²) in [4.78, 5) is 11.0. The second-order valence-corrected chi connectivity index (χ2v) is 4.59. The third-order valence-electron chi connectivity index (χ3n) is 2.81. The lowest BCUT2D eigenvalue weighted by Gasteiger charge is -2.11. The SMILES string of the molecule is CCCC(C)CNCc1cccc(C(N)=O)c1. The molecule has 1 rings (SSSR count). The Hall–Kier alpha value is -1.35. The maximum Gasteiger partial charge on any atom is 0.248 e. The van der Waals surface area contributed by atoms with E-state index in [1.165, 1.54) is 12.8 Å². The van der Waals surface area contributed by atoms with Crippen molar-refractivity contribution in [2.75, 3.05) is 6.54 Å². The third-order valence-corrected chi connectivity index (χ3v) is 2.81. The highest BCUT2D eigenvalue weighted by Gasteiger charge is 2.02. The molecule has 1 aromatic carbocycles. The van der Waals surface area contributed by atoms with Crippen LogP contribution in [0.15, 0.2) is 24.3 Å². The lowest BCUT2D eigenvalue weighted by atomic mass is 10.1. The van der Waals surface area contributed by atoms with Crippen molar-refractivity contribution in [3.63, 3.8) is 0 Å². The Morgan fingerprint density at radius 1 is 1.47 bits per heavy atom. The summed E-state index contributed by atoms with van der Waals surface area (Å²) in [6, 6.07) is 7.46. The van der Waals surface area contributed by atoms with Gasteiger partial charge >= 0.3 is 0 Å². The topological polar surface area (TPSA) is 55.1 Å². The average molecular weight is 234 g/mol. The average Bonchev–Trinajstić information content (AvgIpc) is 2.30. The van der Waals surface area contributed by atoms with Gasteiger partial charge < -0.3 is 11.1 Å². The minimum atomic E-state index is -0.369. The van der Waals surface area contributed by atoms with Crippen LogP contribution >= 0.6 is 0 Å². The Morgan fingerprint density at radius 3 is 2.88 bits per heavy atom. The number of nitrogens with two attached hydrogens (primary N) is 1. The maximum atomic E-state index is 11.0. The summed E-state index contributed by atoms with van der Waals surface area (Å²) in [7, 11) is 0. The highest BCUT2D eigenvalue weighted by Crippen LogP contribution is 2.06. The van der Waals surface area contributed by atoms with Crippen LogP contribution in [0, 0.1) is 5.92 Å². The molecule has 0 aliphatic heterocycles. The number of hydrogen-bond acceptors (Lipinski definition) is 2. The molecule has 0 radical (unpaired) electrons. The zero-order valence-electron chi connectivity index (χ0n) is 10.7. The summed E-state index contributed by atoms with van der Waals surface area (Å²) in [5.41, 5.74) is 6.92. The monoisotopic (exact) mass is 234 g/mol. The van der Waals surface area contributed by atoms with Crippen molar-refractivity contribution in [3.05, 3.63) is 35.4 Å². The fraction of sp³-hybridized carbons (Fsp3) is 0.500. The van der Waals surface area contributed by atoms with Crippen LogP contribution in [0.5, 0.6) is 0 Å². The van der Waals surface area contributed by atoms with E-state index < -0.39 is 0 Å². The van der Waals surface area contributed by atoms with Gasteiger partial charge in [-0.15, -0.1) is 0 Å². The Balaban J connectivity index is 2.41. The van der Waals surface area contributed by atoms with Crippen molar-refractivity contribution in [1.82, 2.24) is 5.32 Å². The summed E-state index contributed by atoms with van der Waals surface area (Å²) < 4.78 is 0. The first-order valence-corrected chi connectivity index (χ1v) is 6.23. The number of carbonyl (C=O) groups is 1. The molecule has 1 aromatic rings. The van der Waals surface area contributed by atoms with E-state index in [1.807, 2.05) is 18.2 Å². The summed E-state index contributed by atoms with van der Waals surface area (Å²) >= 11 is 0. The van der Waals surface area contributed by atoms with Crippen LogP contribution in [0.1, 0.15) is 42.6 Å². The molecule has 1 unspecified atom stereocenters. The first-order valence-electron chi connectivity index (χ1n) is 6.23. The van der Waals surface area contributed by atoms with E-state index in [0.717, 1.165) is 18.7 Å². The Morgan fingerprint density at radius 2 is 2.24 bits per heavy atom. The van der Waals surface area contributed by atoms with Gasteiger partial charge in [0, 0.05) is 12.1 Å². The minimum Gasteiger partial charge on any atom is -0.366 e. The summed E-state index contributed by atoms with van der Waals surface area (Å²) in [6.07, 6.45) is 2.47. The molecule has 1 amide bonds.